The topological polar surface area (TPSA) is 132 Å². The Balaban J connectivity index is 1.40. The number of imide groups is 2. The number of carboxylic acid groups (broad SMARTS) is 1. The number of likely N-dealkylation sites (tertiary alicyclic amines) is 1. The first-order valence-electron chi connectivity index (χ1n) is 14.9. The van der Waals surface area contributed by atoms with E-state index in [0.29, 0.717) is 35.4 Å². The van der Waals surface area contributed by atoms with E-state index in [1.54, 1.807) is 13.0 Å². The Kier molecular flexibility index (Phi) is 8.02. The summed E-state index contributed by atoms with van der Waals surface area (Å²) in [7, 11) is 0. The lowest BCUT2D eigenvalue weighted by Gasteiger charge is -2.49. The van der Waals surface area contributed by atoms with Crippen molar-refractivity contribution in [3.05, 3.63) is 69.5 Å². The van der Waals surface area contributed by atoms with Gasteiger partial charge in [0.15, 0.2) is 0 Å². The molecule has 6 atom stereocenters. The Morgan fingerprint density at radius 1 is 1.00 bits per heavy atom. The van der Waals surface area contributed by atoms with Crippen molar-refractivity contribution in [2.45, 2.75) is 51.4 Å². The molecule has 4 aliphatic rings. The maximum Gasteiger partial charge on any atom is 0.303 e. The number of amides is 4. The highest BCUT2D eigenvalue weighted by molar-refractivity contribution is 6.32. The molecular formula is C33H31Cl2FN2O7. The minimum atomic E-state index is -1.41. The number of carboxylic acids is 1. The second-order valence-electron chi connectivity index (χ2n) is 12.5. The molecule has 9 nitrogen and oxygen atoms in total. The summed E-state index contributed by atoms with van der Waals surface area (Å²) < 4.78 is 14.0. The molecule has 4 amide bonds. The minimum Gasteiger partial charge on any atom is -0.508 e. The highest BCUT2D eigenvalue weighted by Crippen LogP contribution is 2.64. The van der Waals surface area contributed by atoms with E-state index in [1.807, 2.05) is 6.08 Å². The molecule has 12 heteroatoms. The van der Waals surface area contributed by atoms with Gasteiger partial charge in [-0.15, -0.1) is 0 Å². The third-order valence-electron chi connectivity index (χ3n) is 10.1. The summed E-state index contributed by atoms with van der Waals surface area (Å²) >= 11 is 12.4. The summed E-state index contributed by atoms with van der Waals surface area (Å²) in [6.45, 7) is 1.84. The zero-order valence-electron chi connectivity index (χ0n) is 24.3. The second-order valence-corrected chi connectivity index (χ2v) is 13.3. The average Bonchev–Trinajstić information content (AvgIpc) is 3.35. The van der Waals surface area contributed by atoms with Gasteiger partial charge in [-0.05, 0) is 74.9 Å². The van der Waals surface area contributed by atoms with Crippen molar-refractivity contribution in [2.24, 2.45) is 29.1 Å². The molecule has 0 aromatic heterocycles. The molecule has 0 spiro atoms. The van der Waals surface area contributed by atoms with Crippen LogP contribution in [0.2, 0.25) is 10.0 Å². The number of carbonyl (C=O) groups is 5. The second kappa shape index (κ2) is 11.6. The van der Waals surface area contributed by atoms with Crippen LogP contribution in [0.3, 0.4) is 0 Å². The molecule has 2 aromatic carbocycles. The lowest BCUT2D eigenvalue weighted by molar-refractivity contribution is -0.141. The molecule has 3 fully saturated rings. The maximum absolute atomic E-state index is 14.4. The van der Waals surface area contributed by atoms with Crippen molar-refractivity contribution < 1.29 is 38.6 Å². The molecule has 1 saturated carbocycles. The molecule has 2 aliphatic carbocycles. The van der Waals surface area contributed by atoms with E-state index in [2.05, 4.69) is 0 Å². The zero-order chi connectivity index (χ0) is 32.4. The molecule has 2 aromatic rings. The van der Waals surface area contributed by atoms with Gasteiger partial charge in [-0.3, -0.25) is 28.9 Å². The van der Waals surface area contributed by atoms with Crippen LogP contribution in [0.4, 0.5) is 10.1 Å². The third-order valence-corrected chi connectivity index (χ3v) is 10.6. The normalized spacial score (nSPS) is 29.1. The molecule has 0 bridgehead atoms. The van der Waals surface area contributed by atoms with Gasteiger partial charge < -0.3 is 10.2 Å². The molecule has 2 saturated heterocycles. The van der Waals surface area contributed by atoms with Crippen molar-refractivity contribution in [3.8, 4) is 5.75 Å². The molecule has 2 N–H and O–H groups in total. The predicted octanol–water partition coefficient (Wildman–Crippen LogP) is 5.71. The van der Waals surface area contributed by atoms with E-state index >= 15 is 0 Å². The Morgan fingerprint density at radius 2 is 1.76 bits per heavy atom. The number of anilines is 1. The SMILES string of the molecule is CC12C(=O)N(c3ccc(F)c(Cl)c3)C(=O)C1CC1C(=CCC3C(=O)N(CCCCCC(=O)O)C(=O)C31)C2c1cc(Cl)ccc1O. The number of carbonyl (C=O) groups excluding carboxylic acids is 4. The number of hydrogen-bond acceptors (Lipinski definition) is 6. The number of aliphatic carboxylic acids is 1. The van der Waals surface area contributed by atoms with Gasteiger partial charge in [-0.2, -0.15) is 0 Å². The third kappa shape index (κ3) is 4.93. The van der Waals surface area contributed by atoms with Crippen LogP contribution in [0.5, 0.6) is 5.75 Å². The molecule has 6 rings (SSSR count). The molecule has 6 unspecified atom stereocenters. The fourth-order valence-electron chi connectivity index (χ4n) is 7.99. The van der Waals surface area contributed by atoms with Crippen LogP contribution in [-0.4, -0.2) is 51.3 Å². The standard InChI is InChI=1S/C33H31Cl2FN2O7/c1-33-22(30(43)38(32(33)45)17-7-10-24(36)23(35)14-17)15-20-18(28(33)21-13-16(34)6-11-25(21)39)8-9-19-27(20)31(44)37(29(19)42)12-4-2-3-5-26(40)41/h6-8,10-11,13-14,19-20,22,27-28,39H,2-5,9,12,15H2,1H3,(H,40,41). The molecule has 236 valence electrons. The number of unbranched alkanes of at least 4 members (excludes halogenated alkanes) is 2. The average molecular weight is 658 g/mol. The monoisotopic (exact) mass is 656 g/mol. The number of rotatable bonds is 8. The first-order chi connectivity index (χ1) is 21.4. The van der Waals surface area contributed by atoms with E-state index in [1.165, 1.54) is 29.2 Å². The Labute approximate surface area is 268 Å². The van der Waals surface area contributed by atoms with Gasteiger partial charge in [0.05, 0.1) is 33.9 Å². The fraction of sp³-hybridized carbons (Fsp3) is 0.424. The van der Waals surface area contributed by atoms with Crippen LogP contribution >= 0.6 is 23.2 Å². The number of allylic oxidation sites excluding steroid dienone is 2. The highest BCUT2D eigenvalue weighted by atomic mass is 35.5. The minimum absolute atomic E-state index is 0.00822. The van der Waals surface area contributed by atoms with Gasteiger partial charge in [0, 0.05) is 29.5 Å². The van der Waals surface area contributed by atoms with Crippen molar-refractivity contribution in [2.75, 3.05) is 11.4 Å². The van der Waals surface area contributed by atoms with Gasteiger partial charge >= 0.3 is 5.97 Å². The quantitative estimate of drug-likeness (QED) is 0.211. The predicted molar refractivity (Wildman–Crippen MR) is 162 cm³/mol. The molecule has 45 heavy (non-hydrogen) atoms. The number of fused-ring (bicyclic) bond motifs is 4. The molecule has 2 heterocycles. The van der Waals surface area contributed by atoms with Crippen LogP contribution in [0.1, 0.15) is 56.9 Å². The van der Waals surface area contributed by atoms with Crippen LogP contribution in [0, 0.1) is 34.9 Å². The summed E-state index contributed by atoms with van der Waals surface area (Å²) in [4.78, 5) is 69.1. The summed E-state index contributed by atoms with van der Waals surface area (Å²) in [6.07, 6.45) is 3.68. The number of nitrogens with zero attached hydrogens (tertiary/aromatic N) is 2. The van der Waals surface area contributed by atoms with Gasteiger partial charge in [0.2, 0.25) is 23.6 Å². The van der Waals surface area contributed by atoms with Crippen LogP contribution < -0.4 is 4.90 Å². The van der Waals surface area contributed by atoms with E-state index in [-0.39, 0.29) is 54.1 Å². The number of phenolic OH excluding ortho intramolecular Hbond substituents is 1. The van der Waals surface area contributed by atoms with Crippen LogP contribution in [0.25, 0.3) is 0 Å². The Bertz CT molecular complexity index is 1680. The summed E-state index contributed by atoms with van der Waals surface area (Å²) in [5.41, 5.74) is -0.281. The van der Waals surface area contributed by atoms with Crippen LogP contribution in [-0.2, 0) is 24.0 Å². The van der Waals surface area contributed by atoms with Crippen molar-refractivity contribution in [3.63, 3.8) is 0 Å². The van der Waals surface area contributed by atoms with Gasteiger partial charge in [0.25, 0.3) is 0 Å². The summed E-state index contributed by atoms with van der Waals surface area (Å²) in [5.74, 6) is -7.25. The van der Waals surface area contributed by atoms with Crippen molar-refractivity contribution in [1.29, 1.82) is 0 Å². The number of benzene rings is 2. The van der Waals surface area contributed by atoms with E-state index in [4.69, 9.17) is 28.3 Å². The van der Waals surface area contributed by atoms with Crippen molar-refractivity contribution >= 4 is 58.5 Å². The van der Waals surface area contributed by atoms with E-state index in [0.717, 1.165) is 11.0 Å². The van der Waals surface area contributed by atoms with E-state index < -0.39 is 58.6 Å². The highest BCUT2D eigenvalue weighted by Gasteiger charge is 2.67. The number of phenols is 1. The van der Waals surface area contributed by atoms with E-state index in [9.17, 15) is 33.5 Å². The molecular weight excluding hydrogens is 626 g/mol. The van der Waals surface area contributed by atoms with Crippen molar-refractivity contribution in [1.82, 2.24) is 4.90 Å². The van der Waals surface area contributed by atoms with Gasteiger partial charge in [0.1, 0.15) is 11.6 Å². The van der Waals surface area contributed by atoms with Crippen LogP contribution in [0.15, 0.2) is 48.0 Å². The Morgan fingerprint density at radius 3 is 2.47 bits per heavy atom. The fourth-order valence-corrected chi connectivity index (χ4v) is 8.35. The first kappa shape index (κ1) is 31.2. The number of hydrogen-bond donors (Lipinski definition) is 2. The summed E-state index contributed by atoms with van der Waals surface area (Å²) in [6, 6.07) is 8.08. The number of aromatic hydroxyl groups is 1. The lowest BCUT2D eigenvalue weighted by Crippen LogP contribution is -2.48. The molecule has 2 aliphatic heterocycles. The zero-order valence-corrected chi connectivity index (χ0v) is 25.9. The maximum atomic E-state index is 14.4. The summed E-state index contributed by atoms with van der Waals surface area (Å²) in [5, 5.41) is 20.0. The largest absolute Gasteiger partial charge is 0.508 e. The number of halogens is 3. The smallest absolute Gasteiger partial charge is 0.303 e. The first-order valence-corrected chi connectivity index (χ1v) is 15.7. The van der Waals surface area contributed by atoms with Gasteiger partial charge in [-0.1, -0.05) is 41.3 Å². The lowest BCUT2D eigenvalue weighted by atomic mass is 9.51. The Hall–Kier alpha value is -3.76. The molecule has 0 radical (unpaired) electrons. The van der Waals surface area contributed by atoms with Gasteiger partial charge in [-0.25, -0.2) is 9.29 Å².